The molecule has 0 heterocycles. The minimum absolute atomic E-state index is 0. The van der Waals surface area contributed by atoms with Gasteiger partial charge in [0.1, 0.15) is 0 Å². The van der Waals surface area contributed by atoms with Gasteiger partial charge in [0, 0.05) is 39.9 Å². The van der Waals surface area contributed by atoms with Crippen LogP contribution in [-0.4, -0.2) is 16.8 Å². The fourth-order valence-electron chi connectivity index (χ4n) is 0.891. The van der Waals surface area contributed by atoms with Gasteiger partial charge in [-0.05, 0) is 30.7 Å². The molecular weight excluding hydrogens is 299 g/mol. The summed E-state index contributed by atoms with van der Waals surface area (Å²) in [5.41, 5.74) is 6.24. The van der Waals surface area contributed by atoms with Crippen LogP contribution in [0.3, 0.4) is 0 Å². The molecule has 68 valence electrons. The molecular formula is C8H11GdNO2. The van der Waals surface area contributed by atoms with Crippen molar-refractivity contribution in [3.8, 4) is 11.5 Å². The van der Waals surface area contributed by atoms with Crippen molar-refractivity contribution >= 4 is 0 Å². The molecule has 0 radical (unpaired) electrons. The van der Waals surface area contributed by atoms with Gasteiger partial charge >= 0.3 is 0 Å². The normalized spacial score (nSPS) is 9.08. The molecule has 0 spiro atoms. The predicted octanol–water partition coefficient (Wildman–Crippen LogP) is 0.599. The van der Waals surface area contributed by atoms with Crippen LogP contribution in [0.1, 0.15) is 5.56 Å². The molecule has 0 saturated heterocycles. The van der Waals surface area contributed by atoms with Gasteiger partial charge in [0.05, 0.1) is 0 Å². The third-order valence-electron chi connectivity index (χ3n) is 1.47. The number of aromatic hydroxyl groups is 2. The molecule has 3 nitrogen and oxygen atoms in total. The number of hydrogen-bond donors (Lipinski definition) is 3. The smallest absolute Gasteiger partial charge is 0.157 e. The summed E-state index contributed by atoms with van der Waals surface area (Å²) in [4.78, 5) is 0. The van der Waals surface area contributed by atoms with Gasteiger partial charge in [-0.25, -0.2) is 0 Å². The summed E-state index contributed by atoms with van der Waals surface area (Å²) >= 11 is 0. The van der Waals surface area contributed by atoms with Gasteiger partial charge < -0.3 is 15.9 Å². The second-order valence-corrected chi connectivity index (χ2v) is 2.36. The quantitative estimate of drug-likeness (QED) is 0.701. The van der Waals surface area contributed by atoms with Crippen LogP contribution >= 0.6 is 0 Å². The molecule has 1 aromatic carbocycles. The fraction of sp³-hybridized carbons (Fsp3) is 0.250. The Hall–Kier alpha value is 0.105. The van der Waals surface area contributed by atoms with Crippen LogP contribution in [0.5, 0.6) is 11.5 Å². The van der Waals surface area contributed by atoms with Crippen molar-refractivity contribution in [1.29, 1.82) is 0 Å². The summed E-state index contributed by atoms with van der Waals surface area (Å²) in [6.07, 6.45) is 0.716. The van der Waals surface area contributed by atoms with Crippen LogP contribution in [-0.2, 0) is 6.42 Å². The summed E-state index contributed by atoms with van der Waals surface area (Å²) < 4.78 is 0. The maximum absolute atomic E-state index is 9.04. The molecule has 1 aromatic rings. The van der Waals surface area contributed by atoms with Gasteiger partial charge in [-0.15, -0.1) is 0 Å². The van der Waals surface area contributed by atoms with E-state index in [0.29, 0.717) is 13.0 Å². The summed E-state index contributed by atoms with van der Waals surface area (Å²) in [6, 6.07) is 4.71. The summed E-state index contributed by atoms with van der Waals surface area (Å²) in [6.45, 7) is 0.546. The van der Waals surface area contributed by atoms with E-state index in [4.69, 9.17) is 15.9 Å². The molecule has 12 heavy (non-hydrogen) atoms. The number of phenolic OH excluding ortho intramolecular Hbond substituents is 2. The summed E-state index contributed by atoms with van der Waals surface area (Å²) in [5, 5.41) is 18.0. The molecule has 0 bridgehead atoms. The van der Waals surface area contributed by atoms with Gasteiger partial charge in [-0.3, -0.25) is 0 Å². The van der Waals surface area contributed by atoms with E-state index in [9.17, 15) is 0 Å². The molecule has 1 rings (SSSR count). The Kier molecular flexibility index (Phi) is 5.75. The third-order valence-corrected chi connectivity index (χ3v) is 1.47. The van der Waals surface area contributed by atoms with Gasteiger partial charge in [-0.1, -0.05) is 6.07 Å². The first kappa shape index (κ1) is 12.1. The number of phenols is 2. The van der Waals surface area contributed by atoms with E-state index in [1.807, 2.05) is 0 Å². The van der Waals surface area contributed by atoms with Crippen LogP contribution in [0, 0.1) is 39.9 Å². The van der Waals surface area contributed by atoms with Crippen molar-refractivity contribution in [3.63, 3.8) is 0 Å². The predicted molar refractivity (Wildman–Crippen MR) is 42.5 cm³/mol. The molecule has 0 amide bonds. The maximum atomic E-state index is 9.04. The molecule has 0 unspecified atom stereocenters. The first-order valence-electron chi connectivity index (χ1n) is 3.45. The molecule has 0 aromatic heterocycles. The van der Waals surface area contributed by atoms with Crippen LogP contribution in [0.4, 0.5) is 0 Å². The average molecular weight is 310 g/mol. The Morgan fingerprint density at radius 3 is 2.33 bits per heavy atom. The minimum Gasteiger partial charge on any atom is -0.504 e. The Bertz CT molecular complexity index is 253. The fourth-order valence-corrected chi connectivity index (χ4v) is 0.891. The zero-order chi connectivity index (χ0) is 8.27. The summed E-state index contributed by atoms with van der Waals surface area (Å²) in [7, 11) is 0. The van der Waals surface area contributed by atoms with Gasteiger partial charge in [0.25, 0.3) is 0 Å². The Balaban J connectivity index is 0.00000121. The SMILES string of the molecule is NCCc1ccc(O)c(O)c1.[Gd]. The van der Waals surface area contributed by atoms with E-state index in [-0.39, 0.29) is 51.4 Å². The van der Waals surface area contributed by atoms with E-state index in [2.05, 4.69) is 0 Å². The molecule has 0 aliphatic rings. The van der Waals surface area contributed by atoms with Gasteiger partial charge in [0.15, 0.2) is 11.5 Å². The summed E-state index contributed by atoms with van der Waals surface area (Å²) in [5.74, 6) is -0.179. The van der Waals surface area contributed by atoms with Crippen molar-refractivity contribution in [1.82, 2.24) is 0 Å². The van der Waals surface area contributed by atoms with Crippen molar-refractivity contribution < 1.29 is 50.2 Å². The molecule has 0 aliphatic heterocycles. The van der Waals surface area contributed by atoms with E-state index < -0.39 is 0 Å². The second-order valence-electron chi connectivity index (χ2n) is 2.36. The standard InChI is InChI=1S/C8H11NO2.Gd/c9-4-3-6-1-2-7(10)8(11)5-6;/h1-2,5,10-11H,3-4,9H2;. The monoisotopic (exact) mass is 311 g/mol. The Morgan fingerprint density at radius 2 is 1.83 bits per heavy atom. The van der Waals surface area contributed by atoms with Gasteiger partial charge in [0.2, 0.25) is 0 Å². The number of benzene rings is 1. The van der Waals surface area contributed by atoms with Crippen molar-refractivity contribution in [2.45, 2.75) is 6.42 Å². The number of nitrogens with two attached hydrogens (primary N) is 1. The largest absolute Gasteiger partial charge is 0.504 e. The topological polar surface area (TPSA) is 66.5 Å². The molecule has 0 aliphatic carbocycles. The number of rotatable bonds is 2. The van der Waals surface area contributed by atoms with E-state index in [0.717, 1.165) is 5.56 Å². The van der Waals surface area contributed by atoms with Crippen LogP contribution in [0.15, 0.2) is 18.2 Å². The van der Waals surface area contributed by atoms with E-state index in [1.54, 1.807) is 6.07 Å². The minimum atomic E-state index is -0.0919. The van der Waals surface area contributed by atoms with Crippen molar-refractivity contribution in [2.75, 3.05) is 6.54 Å². The molecule has 0 fully saturated rings. The van der Waals surface area contributed by atoms with Crippen molar-refractivity contribution in [3.05, 3.63) is 23.8 Å². The van der Waals surface area contributed by atoms with Crippen LogP contribution in [0.2, 0.25) is 0 Å². The number of hydrogen-bond acceptors (Lipinski definition) is 3. The second kappa shape index (κ2) is 5.70. The van der Waals surface area contributed by atoms with Crippen molar-refractivity contribution in [2.24, 2.45) is 5.73 Å². The first-order valence-corrected chi connectivity index (χ1v) is 3.45. The maximum Gasteiger partial charge on any atom is 0.157 e. The molecule has 4 heteroatoms. The van der Waals surface area contributed by atoms with Gasteiger partial charge in [-0.2, -0.15) is 0 Å². The zero-order valence-corrected chi connectivity index (χ0v) is 8.74. The van der Waals surface area contributed by atoms with Crippen LogP contribution in [0.25, 0.3) is 0 Å². The van der Waals surface area contributed by atoms with E-state index >= 15 is 0 Å². The third kappa shape index (κ3) is 3.23. The first-order chi connectivity index (χ1) is 5.24. The zero-order valence-electron chi connectivity index (χ0n) is 6.47. The average Bonchev–Trinajstić information content (AvgIpc) is 1.98. The molecule has 0 saturated carbocycles. The Labute approximate surface area is 103 Å². The molecule has 0 atom stereocenters. The Morgan fingerprint density at radius 1 is 1.17 bits per heavy atom. The molecule has 4 N–H and O–H groups in total. The van der Waals surface area contributed by atoms with Crippen LogP contribution < -0.4 is 5.73 Å². The van der Waals surface area contributed by atoms with E-state index in [1.165, 1.54) is 12.1 Å².